The van der Waals surface area contributed by atoms with E-state index in [0.717, 1.165) is 19.3 Å². The van der Waals surface area contributed by atoms with E-state index in [0.29, 0.717) is 6.42 Å². The van der Waals surface area contributed by atoms with Gasteiger partial charge in [0.15, 0.2) is 0 Å². The second-order valence-corrected chi connectivity index (χ2v) is 6.31. The highest BCUT2D eigenvalue weighted by Gasteiger charge is 2.13. The molecule has 0 unspecified atom stereocenters. The van der Waals surface area contributed by atoms with Crippen LogP contribution in [0.1, 0.15) is 63.4 Å². The van der Waals surface area contributed by atoms with Gasteiger partial charge in [0.05, 0.1) is 0 Å². The van der Waals surface area contributed by atoms with E-state index < -0.39 is 0 Å². The standard InChI is InChI=1S/C20H29NO/c1-21-19(17-16-18-12-8-7-9-13-18)14-10-5-3-2-4-6-11-15-20(21)22/h7-9,12-13,17H,2-6,10-11,14-16H2,1H3/b19-17+. The van der Waals surface area contributed by atoms with Gasteiger partial charge in [0, 0.05) is 19.2 Å². The van der Waals surface area contributed by atoms with Crippen molar-refractivity contribution in [1.82, 2.24) is 4.90 Å². The number of amides is 1. The van der Waals surface area contributed by atoms with Gasteiger partial charge in [-0.1, -0.05) is 68.5 Å². The van der Waals surface area contributed by atoms with E-state index in [1.807, 2.05) is 18.0 Å². The van der Waals surface area contributed by atoms with Gasteiger partial charge in [-0.25, -0.2) is 0 Å². The van der Waals surface area contributed by atoms with Crippen LogP contribution in [0.15, 0.2) is 42.1 Å². The lowest BCUT2D eigenvalue weighted by Crippen LogP contribution is -2.26. The molecule has 1 fully saturated rings. The molecule has 1 aliphatic rings. The Hall–Kier alpha value is -1.57. The third-order valence-electron chi connectivity index (χ3n) is 4.54. The van der Waals surface area contributed by atoms with E-state index in [1.165, 1.54) is 49.8 Å². The maximum atomic E-state index is 12.3. The Labute approximate surface area is 135 Å². The maximum Gasteiger partial charge on any atom is 0.226 e. The van der Waals surface area contributed by atoms with Crippen molar-refractivity contribution in [2.45, 2.75) is 64.2 Å². The van der Waals surface area contributed by atoms with Gasteiger partial charge in [0.2, 0.25) is 5.91 Å². The zero-order chi connectivity index (χ0) is 15.6. The zero-order valence-corrected chi connectivity index (χ0v) is 13.9. The molecular weight excluding hydrogens is 270 g/mol. The lowest BCUT2D eigenvalue weighted by Gasteiger charge is -2.22. The van der Waals surface area contributed by atoms with Crippen LogP contribution < -0.4 is 0 Å². The van der Waals surface area contributed by atoms with Gasteiger partial charge in [-0.3, -0.25) is 4.79 Å². The van der Waals surface area contributed by atoms with Crippen LogP contribution in [0.4, 0.5) is 0 Å². The van der Waals surface area contributed by atoms with Crippen LogP contribution in [0.3, 0.4) is 0 Å². The number of allylic oxidation sites excluding steroid dienone is 2. The molecule has 1 heterocycles. The molecular formula is C20H29NO. The summed E-state index contributed by atoms with van der Waals surface area (Å²) in [6.07, 6.45) is 13.5. The highest BCUT2D eigenvalue weighted by Crippen LogP contribution is 2.19. The van der Waals surface area contributed by atoms with Crippen molar-refractivity contribution in [2.24, 2.45) is 0 Å². The first-order valence-corrected chi connectivity index (χ1v) is 8.77. The Morgan fingerprint density at radius 3 is 2.18 bits per heavy atom. The van der Waals surface area contributed by atoms with Gasteiger partial charge in [0.25, 0.3) is 0 Å². The van der Waals surface area contributed by atoms with Crippen molar-refractivity contribution in [3.8, 4) is 0 Å². The Morgan fingerprint density at radius 2 is 1.50 bits per heavy atom. The second-order valence-electron chi connectivity index (χ2n) is 6.31. The highest BCUT2D eigenvalue weighted by atomic mass is 16.2. The predicted octanol–water partition coefficient (Wildman–Crippen LogP) is 5.10. The minimum Gasteiger partial charge on any atom is -0.320 e. The number of hydrogen-bond acceptors (Lipinski definition) is 1. The van der Waals surface area contributed by atoms with Crippen LogP contribution in [0, 0.1) is 0 Å². The summed E-state index contributed by atoms with van der Waals surface area (Å²) in [5.74, 6) is 0.278. The lowest BCUT2D eigenvalue weighted by molar-refractivity contribution is -0.128. The topological polar surface area (TPSA) is 20.3 Å². The first-order valence-electron chi connectivity index (χ1n) is 8.77. The van der Waals surface area contributed by atoms with Crippen molar-refractivity contribution >= 4 is 5.91 Å². The highest BCUT2D eigenvalue weighted by molar-refractivity contribution is 5.77. The molecule has 22 heavy (non-hydrogen) atoms. The molecule has 2 heteroatoms. The van der Waals surface area contributed by atoms with Crippen molar-refractivity contribution in [2.75, 3.05) is 7.05 Å². The summed E-state index contributed by atoms with van der Waals surface area (Å²) in [4.78, 5) is 14.2. The molecule has 1 aromatic carbocycles. The summed E-state index contributed by atoms with van der Waals surface area (Å²) in [5, 5.41) is 0. The quantitative estimate of drug-likeness (QED) is 0.744. The number of rotatable bonds is 2. The molecule has 1 amide bonds. The number of carbonyl (C=O) groups excluding carboxylic acids is 1. The first kappa shape index (κ1) is 16.8. The molecule has 1 saturated heterocycles. The van der Waals surface area contributed by atoms with Crippen LogP contribution in [0.25, 0.3) is 0 Å². The monoisotopic (exact) mass is 299 g/mol. The summed E-state index contributed by atoms with van der Waals surface area (Å²) in [5.41, 5.74) is 2.51. The van der Waals surface area contributed by atoms with Crippen LogP contribution in [0.5, 0.6) is 0 Å². The summed E-state index contributed by atoms with van der Waals surface area (Å²) >= 11 is 0. The Morgan fingerprint density at radius 1 is 0.909 bits per heavy atom. The summed E-state index contributed by atoms with van der Waals surface area (Å²) in [6, 6.07) is 10.5. The van der Waals surface area contributed by atoms with Gasteiger partial charge in [-0.2, -0.15) is 0 Å². The largest absolute Gasteiger partial charge is 0.320 e. The van der Waals surface area contributed by atoms with E-state index in [2.05, 4.69) is 30.3 Å². The van der Waals surface area contributed by atoms with E-state index in [9.17, 15) is 4.79 Å². The molecule has 2 rings (SSSR count). The fourth-order valence-corrected chi connectivity index (χ4v) is 3.05. The second kappa shape index (κ2) is 9.45. The zero-order valence-electron chi connectivity index (χ0n) is 13.9. The van der Waals surface area contributed by atoms with E-state index in [4.69, 9.17) is 0 Å². The average molecular weight is 299 g/mol. The third kappa shape index (κ3) is 5.67. The number of hydrogen-bond donors (Lipinski definition) is 0. The molecule has 0 bridgehead atoms. The van der Waals surface area contributed by atoms with E-state index in [-0.39, 0.29) is 5.91 Å². The first-order chi connectivity index (χ1) is 10.8. The van der Waals surface area contributed by atoms with Gasteiger partial charge in [-0.15, -0.1) is 0 Å². The van der Waals surface area contributed by atoms with Crippen molar-refractivity contribution in [3.63, 3.8) is 0 Å². The number of nitrogens with zero attached hydrogens (tertiary/aromatic N) is 1. The Balaban J connectivity index is 2.03. The smallest absolute Gasteiger partial charge is 0.226 e. The molecule has 0 aliphatic carbocycles. The molecule has 120 valence electrons. The average Bonchev–Trinajstić information content (AvgIpc) is 2.55. The fourth-order valence-electron chi connectivity index (χ4n) is 3.05. The molecule has 0 aromatic heterocycles. The maximum absolute atomic E-state index is 12.3. The van der Waals surface area contributed by atoms with Gasteiger partial charge >= 0.3 is 0 Å². The van der Waals surface area contributed by atoms with Crippen molar-refractivity contribution in [3.05, 3.63) is 47.7 Å². The van der Waals surface area contributed by atoms with Crippen LogP contribution in [0.2, 0.25) is 0 Å². The van der Waals surface area contributed by atoms with Gasteiger partial charge in [-0.05, 0) is 31.2 Å². The Bertz CT molecular complexity index is 478. The minimum atomic E-state index is 0.278. The SMILES string of the molecule is CN1C(=O)CCCCCCCCC/C1=C\Cc1ccccc1. The molecule has 0 atom stereocenters. The van der Waals surface area contributed by atoms with Crippen LogP contribution >= 0.6 is 0 Å². The van der Waals surface area contributed by atoms with Crippen molar-refractivity contribution < 1.29 is 4.79 Å². The van der Waals surface area contributed by atoms with E-state index >= 15 is 0 Å². The lowest BCUT2D eigenvalue weighted by atomic mass is 10.0. The fraction of sp³-hybridized carbons (Fsp3) is 0.550. The van der Waals surface area contributed by atoms with E-state index in [1.54, 1.807) is 0 Å². The Kier molecular flexibility index (Phi) is 7.21. The molecule has 1 aromatic rings. The van der Waals surface area contributed by atoms with Crippen LogP contribution in [-0.2, 0) is 11.2 Å². The van der Waals surface area contributed by atoms with Crippen molar-refractivity contribution in [1.29, 1.82) is 0 Å². The molecule has 2 nitrogen and oxygen atoms in total. The minimum absolute atomic E-state index is 0.278. The molecule has 0 radical (unpaired) electrons. The molecule has 0 N–H and O–H groups in total. The number of benzene rings is 1. The molecule has 0 saturated carbocycles. The predicted molar refractivity (Wildman–Crippen MR) is 92.6 cm³/mol. The van der Waals surface area contributed by atoms with Gasteiger partial charge < -0.3 is 4.90 Å². The summed E-state index contributed by atoms with van der Waals surface area (Å²) in [7, 11) is 1.95. The van der Waals surface area contributed by atoms with Crippen LogP contribution in [-0.4, -0.2) is 17.9 Å². The van der Waals surface area contributed by atoms with Gasteiger partial charge in [0.1, 0.15) is 0 Å². The number of carbonyl (C=O) groups is 1. The third-order valence-corrected chi connectivity index (χ3v) is 4.54. The summed E-state index contributed by atoms with van der Waals surface area (Å²) < 4.78 is 0. The normalized spacial score (nSPS) is 20.5. The molecule has 1 aliphatic heterocycles. The summed E-state index contributed by atoms with van der Waals surface area (Å²) in [6.45, 7) is 0. The molecule has 0 spiro atoms.